The van der Waals surface area contributed by atoms with Gasteiger partial charge in [0.15, 0.2) is 0 Å². The van der Waals surface area contributed by atoms with Crippen LogP contribution in [0.15, 0.2) is 27.7 Å². The van der Waals surface area contributed by atoms with E-state index in [0.717, 1.165) is 29.8 Å². The van der Waals surface area contributed by atoms with Gasteiger partial charge in [0.1, 0.15) is 0 Å². The first-order valence-electron chi connectivity index (χ1n) is 7.56. The van der Waals surface area contributed by atoms with Crippen molar-refractivity contribution in [3.05, 3.63) is 50.1 Å². The van der Waals surface area contributed by atoms with E-state index >= 15 is 0 Å². The molecule has 3 rings (SSSR count). The zero-order valence-electron chi connectivity index (χ0n) is 13.4. The molecule has 0 aromatic carbocycles. The minimum atomic E-state index is -0.105. The molecule has 1 aliphatic heterocycles. The Kier molecular flexibility index (Phi) is 4.58. The summed E-state index contributed by atoms with van der Waals surface area (Å²) >= 11 is 1.64. The molecule has 0 unspecified atom stereocenters. The predicted molar refractivity (Wildman–Crippen MR) is 89.3 cm³/mol. The maximum atomic E-state index is 12.4. The SMILES string of the molecule is CN(Cc1ccsc1)C(=O)CN1CCc2nn(C)c(=O)cc2C1. The van der Waals surface area contributed by atoms with Gasteiger partial charge in [-0.05, 0) is 28.0 Å². The fourth-order valence-electron chi connectivity index (χ4n) is 2.74. The number of carbonyl (C=O) groups is 1. The van der Waals surface area contributed by atoms with E-state index in [1.54, 1.807) is 29.4 Å². The Hall–Kier alpha value is -1.99. The van der Waals surface area contributed by atoms with Gasteiger partial charge < -0.3 is 4.90 Å². The third-order valence-corrected chi connectivity index (χ3v) is 4.83. The normalized spacial score (nSPS) is 14.5. The van der Waals surface area contributed by atoms with Gasteiger partial charge in [0.05, 0.1) is 12.2 Å². The van der Waals surface area contributed by atoms with Crippen LogP contribution in [-0.4, -0.2) is 45.6 Å². The Bertz CT molecular complexity index is 754. The zero-order chi connectivity index (χ0) is 16.4. The van der Waals surface area contributed by atoms with Gasteiger partial charge in [-0.25, -0.2) is 4.68 Å². The van der Waals surface area contributed by atoms with Crippen molar-refractivity contribution in [3.8, 4) is 0 Å². The second kappa shape index (κ2) is 6.64. The van der Waals surface area contributed by atoms with Crippen molar-refractivity contribution in [1.29, 1.82) is 0 Å². The molecule has 2 aromatic rings. The lowest BCUT2D eigenvalue weighted by atomic mass is 10.1. The minimum Gasteiger partial charge on any atom is -0.340 e. The van der Waals surface area contributed by atoms with Crippen molar-refractivity contribution in [2.45, 2.75) is 19.5 Å². The first-order chi connectivity index (χ1) is 11.0. The van der Waals surface area contributed by atoms with Crippen molar-refractivity contribution in [3.63, 3.8) is 0 Å². The Morgan fingerprint density at radius 3 is 3.04 bits per heavy atom. The van der Waals surface area contributed by atoms with Crippen LogP contribution in [0, 0.1) is 0 Å². The molecule has 0 fully saturated rings. The van der Waals surface area contributed by atoms with E-state index in [4.69, 9.17) is 0 Å². The molecule has 0 atom stereocenters. The first kappa shape index (κ1) is 15.9. The van der Waals surface area contributed by atoms with Crippen LogP contribution in [0.2, 0.25) is 0 Å². The largest absolute Gasteiger partial charge is 0.340 e. The highest BCUT2D eigenvalue weighted by molar-refractivity contribution is 7.07. The summed E-state index contributed by atoms with van der Waals surface area (Å²) < 4.78 is 1.37. The lowest BCUT2D eigenvalue weighted by molar-refractivity contribution is -0.131. The van der Waals surface area contributed by atoms with E-state index in [0.29, 0.717) is 19.6 Å². The summed E-state index contributed by atoms with van der Waals surface area (Å²) in [5.41, 5.74) is 2.95. The molecule has 1 amide bonds. The van der Waals surface area contributed by atoms with E-state index in [9.17, 15) is 9.59 Å². The van der Waals surface area contributed by atoms with E-state index < -0.39 is 0 Å². The quantitative estimate of drug-likeness (QED) is 0.833. The molecule has 0 saturated heterocycles. The highest BCUT2D eigenvalue weighted by Crippen LogP contribution is 2.15. The third kappa shape index (κ3) is 3.68. The molecule has 3 heterocycles. The highest BCUT2D eigenvalue weighted by Gasteiger charge is 2.21. The Balaban J connectivity index is 1.61. The summed E-state index contributed by atoms with van der Waals surface area (Å²) in [6.07, 6.45) is 0.769. The van der Waals surface area contributed by atoms with Gasteiger partial charge >= 0.3 is 0 Å². The Morgan fingerprint density at radius 2 is 2.30 bits per heavy atom. The van der Waals surface area contributed by atoms with E-state index in [2.05, 4.69) is 15.4 Å². The van der Waals surface area contributed by atoms with Crippen molar-refractivity contribution < 1.29 is 4.79 Å². The molecule has 6 nitrogen and oxygen atoms in total. The number of amides is 1. The van der Waals surface area contributed by atoms with Gasteiger partial charge in [0, 0.05) is 46.2 Å². The maximum Gasteiger partial charge on any atom is 0.266 e. The Morgan fingerprint density at radius 1 is 1.48 bits per heavy atom. The smallest absolute Gasteiger partial charge is 0.266 e. The topological polar surface area (TPSA) is 58.4 Å². The molecule has 2 aromatic heterocycles. The number of fused-ring (bicyclic) bond motifs is 1. The van der Waals surface area contributed by atoms with Crippen LogP contribution >= 0.6 is 11.3 Å². The fourth-order valence-corrected chi connectivity index (χ4v) is 3.40. The average Bonchev–Trinajstić information content (AvgIpc) is 3.01. The summed E-state index contributed by atoms with van der Waals surface area (Å²) in [5, 5.41) is 8.37. The monoisotopic (exact) mass is 332 g/mol. The fraction of sp³-hybridized carbons (Fsp3) is 0.438. The molecular formula is C16H20N4O2S. The number of aromatic nitrogens is 2. The van der Waals surface area contributed by atoms with E-state index in [1.165, 1.54) is 4.68 Å². The number of hydrogen-bond donors (Lipinski definition) is 0. The van der Waals surface area contributed by atoms with Crippen molar-refractivity contribution in [2.75, 3.05) is 20.1 Å². The molecule has 0 N–H and O–H groups in total. The molecule has 0 radical (unpaired) electrons. The first-order valence-corrected chi connectivity index (χ1v) is 8.50. The van der Waals surface area contributed by atoms with Gasteiger partial charge in [-0.2, -0.15) is 16.4 Å². The predicted octanol–water partition coefficient (Wildman–Crippen LogP) is 0.858. The summed E-state index contributed by atoms with van der Waals surface area (Å²) in [7, 11) is 3.49. The Labute approximate surface area is 139 Å². The number of carbonyl (C=O) groups excluding carboxylic acids is 1. The molecule has 1 aliphatic rings. The van der Waals surface area contributed by atoms with Crippen LogP contribution in [0.4, 0.5) is 0 Å². The van der Waals surface area contributed by atoms with E-state index in [1.807, 2.05) is 18.5 Å². The van der Waals surface area contributed by atoms with Gasteiger partial charge in [-0.3, -0.25) is 14.5 Å². The standard InChI is InChI=1S/C16H20N4O2S/c1-18(8-12-4-6-23-11-12)16(22)10-20-5-3-14-13(9-20)7-15(21)19(2)17-14/h4,6-7,11H,3,5,8-10H2,1-2H3. The molecule has 0 saturated carbocycles. The van der Waals surface area contributed by atoms with Crippen LogP contribution in [0.1, 0.15) is 16.8 Å². The summed E-state index contributed by atoms with van der Waals surface area (Å²) in [5.74, 6) is 0.0939. The molecule has 0 bridgehead atoms. The second-order valence-electron chi connectivity index (χ2n) is 5.92. The molecule has 122 valence electrons. The average molecular weight is 332 g/mol. The molecule has 7 heteroatoms. The molecule has 23 heavy (non-hydrogen) atoms. The maximum absolute atomic E-state index is 12.4. The lowest BCUT2D eigenvalue weighted by Crippen LogP contribution is -2.41. The van der Waals surface area contributed by atoms with E-state index in [-0.39, 0.29) is 11.5 Å². The van der Waals surface area contributed by atoms with Gasteiger partial charge in [0.2, 0.25) is 5.91 Å². The number of likely N-dealkylation sites (N-methyl/N-ethyl adjacent to an activating group) is 1. The minimum absolute atomic E-state index is 0.0939. The number of hydrogen-bond acceptors (Lipinski definition) is 5. The van der Waals surface area contributed by atoms with Crippen LogP contribution < -0.4 is 5.56 Å². The van der Waals surface area contributed by atoms with Crippen molar-refractivity contribution in [2.24, 2.45) is 7.05 Å². The van der Waals surface area contributed by atoms with Gasteiger partial charge in [-0.15, -0.1) is 0 Å². The van der Waals surface area contributed by atoms with Crippen LogP contribution in [-0.2, 0) is 31.4 Å². The second-order valence-corrected chi connectivity index (χ2v) is 6.70. The van der Waals surface area contributed by atoms with Crippen LogP contribution in [0.25, 0.3) is 0 Å². The number of rotatable bonds is 4. The highest BCUT2D eigenvalue weighted by atomic mass is 32.1. The van der Waals surface area contributed by atoms with Crippen LogP contribution in [0.3, 0.4) is 0 Å². The van der Waals surface area contributed by atoms with Gasteiger partial charge in [-0.1, -0.05) is 0 Å². The molecule has 0 aliphatic carbocycles. The van der Waals surface area contributed by atoms with Gasteiger partial charge in [0.25, 0.3) is 5.56 Å². The molecule has 0 spiro atoms. The summed E-state index contributed by atoms with van der Waals surface area (Å²) in [6, 6.07) is 3.67. The lowest BCUT2D eigenvalue weighted by Gasteiger charge is -2.29. The number of nitrogens with zero attached hydrogens (tertiary/aromatic N) is 4. The van der Waals surface area contributed by atoms with Crippen molar-refractivity contribution >= 4 is 17.2 Å². The summed E-state index contributed by atoms with van der Waals surface area (Å²) in [4.78, 5) is 27.9. The molecular weight excluding hydrogens is 312 g/mol. The van der Waals surface area contributed by atoms with Crippen LogP contribution in [0.5, 0.6) is 0 Å². The number of thiophene rings is 1. The third-order valence-electron chi connectivity index (χ3n) is 4.10. The van der Waals surface area contributed by atoms with Crippen molar-refractivity contribution in [1.82, 2.24) is 19.6 Å². The zero-order valence-corrected chi connectivity index (χ0v) is 14.2. The summed E-state index contributed by atoms with van der Waals surface area (Å²) in [6.45, 7) is 2.40. The number of aryl methyl sites for hydroxylation is 1.